The van der Waals surface area contributed by atoms with Crippen molar-refractivity contribution in [1.82, 2.24) is 13.9 Å². The molecular weight excluding hydrogens is 250 g/mol. The van der Waals surface area contributed by atoms with Crippen molar-refractivity contribution >= 4 is 11.8 Å². The predicted octanol–water partition coefficient (Wildman–Crippen LogP) is 0.667. The van der Waals surface area contributed by atoms with Crippen LogP contribution in [0.4, 0.5) is 0 Å². The second-order valence-electron chi connectivity index (χ2n) is 5.19. The van der Waals surface area contributed by atoms with Gasteiger partial charge in [0.15, 0.2) is 0 Å². The van der Waals surface area contributed by atoms with Crippen molar-refractivity contribution in [3.63, 3.8) is 0 Å². The third-order valence-electron chi connectivity index (χ3n) is 2.69. The standard InChI is InChI=1S/C12H19N3O4/c1-6-8(16)14-10(18)13(12(3,4)5)11(19)15(14)9(17)7-2/h6-7H2,1-5H3. The Kier molecular flexibility index (Phi) is 3.97. The molecule has 0 fully saturated rings. The molecule has 0 radical (unpaired) electrons. The van der Waals surface area contributed by atoms with Crippen LogP contribution < -0.4 is 11.4 Å². The van der Waals surface area contributed by atoms with Crippen LogP contribution in [0.3, 0.4) is 0 Å². The van der Waals surface area contributed by atoms with E-state index in [0.717, 1.165) is 4.57 Å². The van der Waals surface area contributed by atoms with Crippen molar-refractivity contribution in [3.05, 3.63) is 21.0 Å². The summed E-state index contributed by atoms with van der Waals surface area (Å²) >= 11 is 0. The lowest BCUT2D eigenvalue weighted by atomic mass is 10.1. The fourth-order valence-corrected chi connectivity index (χ4v) is 1.75. The summed E-state index contributed by atoms with van der Waals surface area (Å²) in [5.74, 6) is -1.15. The van der Waals surface area contributed by atoms with Gasteiger partial charge in [-0.05, 0) is 20.8 Å². The first-order chi connectivity index (χ1) is 8.66. The molecule has 0 saturated heterocycles. The Bertz CT molecular complexity index is 577. The van der Waals surface area contributed by atoms with Crippen molar-refractivity contribution in [2.24, 2.45) is 0 Å². The Labute approximate surface area is 110 Å². The topological polar surface area (TPSA) is 83.1 Å². The van der Waals surface area contributed by atoms with E-state index < -0.39 is 28.7 Å². The fourth-order valence-electron chi connectivity index (χ4n) is 1.75. The summed E-state index contributed by atoms with van der Waals surface area (Å²) in [5.41, 5.74) is -2.35. The summed E-state index contributed by atoms with van der Waals surface area (Å²) in [6, 6.07) is 0. The Balaban J connectivity index is 3.82. The average Bonchev–Trinajstić information content (AvgIpc) is 2.58. The van der Waals surface area contributed by atoms with E-state index in [1.54, 1.807) is 34.6 Å². The minimum atomic E-state index is -0.802. The summed E-state index contributed by atoms with van der Waals surface area (Å²) in [4.78, 5) is 48.0. The van der Waals surface area contributed by atoms with Gasteiger partial charge in [0.2, 0.25) is 11.8 Å². The predicted molar refractivity (Wildman–Crippen MR) is 69.8 cm³/mol. The Morgan fingerprint density at radius 3 is 1.42 bits per heavy atom. The van der Waals surface area contributed by atoms with E-state index in [-0.39, 0.29) is 12.8 Å². The number of rotatable bonds is 2. The molecule has 0 saturated carbocycles. The van der Waals surface area contributed by atoms with Crippen LogP contribution in [0.25, 0.3) is 0 Å². The van der Waals surface area contributed by atoms with E-state index in [1.165, 1.54) is 0 Å². The lowest BCUT2D eigenvalue weighted by Crippen LogP contribution is -2.41. The molecular formula is C12H19N3O4. The zero-order chi connectivity index (χ0) is 15.0. The first kappa shape index (κ1) is 15.1. The highest BCUT2D eigenvalue weighted by atomic mass is 16.2. The van der Waals surface area contributed by atoms with Gasteiger partial charge in [0.1, 0.15) is 0 Å². The largest absolute Gasteiger partial charge is 0.355 e. The summed E-state index contributed by atoms with van der Waals surface area (Å²) in [6.07, 6.45) is 0.0645. The monoisotopic (exact) mass is 269 g/mol. The SMILES string of the molecule is CCC(=O)n1c(=O)n(C(C)(C)C)c(=O)n1C(=O)CC. The average molecular weight is 269 g/mol. The Hall–Kier alpha value is -1.92. The van der Waals surface area contributed by atoms with Crippen molar-refractivity contribution in [2.75, 3.05) is 0 Å². The van der Waals surface area contributed by atoms with E-state index in [9.17, 15) is 19.2 Å². The Morgan fingerprint density at radius 1 is 0.895 bits per heavy atom. The van der Waals surface area contributed by atoms with Crippen molar-refractivity contribution in [3.8, 4) is 0 Å². The van der Waals surface area contributed by atoms with Crippen molar-refractivity contribution < 1.29 is 9.59 Å². The molecule has 0 N–H and O–H groups in total. The first-order valence-electron chi connectivity index (χ1n) is 6.20. The molecule has 7 heteroatoms. The summed E-state index contributed by atoms with van der Waals surface area (Å²) in [5, 5.41) is 0. The molecule has 1 rings (SSSR count). The maximum Gasteiger partial charge on any atom is 0.355 e. The van der Waals surface area contributed by atoms with Crippen LogP contribution in [0.2, 0.25) is 0 Å². The smallest absolute Gasteiger partial charge is 0.272 e. The lowest BCUT2D eigenvalue weighted by molar-refractivity contribution is 0.0783. The third-order valence-corrected chi connectivity index (χ3v) is 2.69. The van der Waals surface area contributed by atoms with E-state index in [0.29, 0.717) is 9.36 Å². The van der Waals surface area contributed by atoms with E-state index in [1.807, 2.05) is 0 Å². The van der Waals surface area contributed by atoms with Crippen LogP contribution in [0, 0.1) is 0 Å². The molecule has 1 heterocycles. The van der Waals surface area contributed by atoms with Crippen LogP contribution in [-0.2, 0) is 5.54 Å². The van der Waals surface area contributed by atoms with Gasteiger partial charge < -0.3 is 0 Å². The van der Waals surface area contributed by atoms with Gasteiger partial charge in [0.25, 0.3) is 0 Å². The molecule has 1 aromatic rings. The second-order valence-corrected chi connectivity index (χ2v) is 5.19. The van der Waals surface area contributed by atoms with Gasteiger partial charge in [-0.3, -0.25) is 9.59 Å². The molecule has 0 atom stereocenters. The van der Waals surface area contributed by atoms with Crippen LogP contribution in [0.15, 0.2) is 9.59 Å². The summed E-state index contributed by atoms with van der Waals surface area (Å²) in [6.45, 7) is 8.12. The fraction of sp³-hybridized carbons (Fsp3) is 0.667. The van der Waals surface area contributed by atoms with Gasteiger partial charge in [-0.1, -0.05) is 13.8 Å². The van der Waals surface area contributed by atoms with Crippen molar-refractivity contribution in [1.29, 1.82) is 0 Å². The van der Waals surface area contributed by atoms with E-state index in [2.05, 4.69) is 0 Å². The zero-order valence-corrected chi connectivity index (χ0v) is 11.9. The van der Waals surface area contributed by atoms with Crippen LogP contribution in [-0.4, -0.2) is 25.7 Å². The zero-order valence-electron chi connectivity index (χ0n) is 11.9. The first-order valence-corrected chi connectivity index (χ1v) is 6.20. The Morgan fingerprint density at radius 2 is 1.21 bits per heavy atom. The van der Waals surface area contributed by atoms with Gasteiger partial charge in [0.05, 0.1) is 0 Å². The number of hydrogen-bond donors (Lipinski definition) is 0. The summed E-state index contributed by atoms with van der Waals surface area (Å²) in [7, 11) is 0. The number of aromatic nitrogens is 3. The quantitative estimate of drug-likeness (QED) is 0.790. The molecule has 0 aliphatic rings. The molecule has 19 heavy (non-hydrogen) atoms. The molecule has 0 bridgehead atoms. The molecule has 0 amide bonds. The molecule has 0 aliphatic carbocycles. The number of carbonyl (C=O) groups excluding carboxylic acids is 2. The maximum absolute atomic E-state index is 12.2. The molecule has 7 nitrogen and oxygen atoms in total. The lowest BCUT2D eigenvalue weighted by Gasteiger charge is -2.17. The van der Waals surface area contributed by atoms with Crippen LogP contribution in [0.1, 0.15) is 57.0 Å². The highest BCUT2D eigenvalue weighted by Gasteiger charge is 2.29. The summed E-state index contributed by atoms with van der Waals surface area (Å²) < 4.78 is 2.20. The number of carbonyl (C=O) groups is 2. The minimum absolute atomic E-state index is 0.0322. The third kappa shape index (κ3) is 2.45. The normalized spacial score (nSPS) is 11.6. The van der Waals surface area contributed by atoms with Gasteiger partial charge in [-0.2, -0.15) is 9.36 Å². The molecule has 0 aromatic carbocycles. The van der Waals surface area contributed by atoms with Crippen molar-refractivity contribution in [2.45, 2.75) is 53.0 Å². The van der Waals surface area contributed by atoms with E-state index >= 15 is 0 Å². The molecule has 106 valence electrons. The van der Waals surface area contributed by atoms with Gasteiger partial charge in [-0.15, -0.1) is 0 Å². The van der Waals surface area contributed by atoms with Gasteiger partial charge in [0, 0.05) is 18.4 Å². The second kappa shape index (κ2) is 4.99. The molecule has 0 spiro atoms. The maximum atomic E-state index is 12.2. The molecule has 1 aromatic heterocycles. The molecule has 0 aliphatic heterocycles. The number of nitrogens with zero attached hydrogens (tertiary/aromatic N) is 3. The van der Waals surface area contributed by atoms with Crippen LogP contribution in [0.5, 0.6) is 0 Å². The number of hydrogen-bond acceptors (Lipinski definition) is 4. The highest BCUT2D eigenvalue weighted by Crippen LogP contribution is 2.07. The molecule has 0 unspecified atom stereocenters. The van der Waals surface area contributed by atoms with Gasteiger partial charge in [-0.25, -0.2) is 14.2 Å². The van der Waals surface area contributed by atoms with Gasteiger partial charge >= 0.3 is 11.4 Å². The minimum Gasteiger partial charge on any atom is -0.272 e. The highest BCUT2D eigenvalue weighted by molar-refractivity contribution is 5.83. The van der Waals surface area contributed by atoms with Crippen LogP contribution >= 0.6 is 0 Å². The van der Waals surface area contributed by atoms with E-state index in [4.69, 9.17) is 0 Å².